The van der Waals surface area contributed by atoms with Crippen molar-refractivity contribution >= 4 is 50.7 Å². The summed E-state index contributed by atoms with van der Waals surface area (Å²) in [7, 11) is -3.82. The van der Waals surface area contributed by atoms with Gasteiger partial charge < -0.3 is 10.2 Å². The highest BCUT2D eigenvalue weighted by Gasteiger charge is 2.30. The van der Waals surface area contributed by atoms with Crippen molar-refractivity contribution in [3.8, 4) is 0 Å². The lowest BCUT2D eigenvalue weighted by Gasteiger charge is -2.31. The summed E-state index contributed by atoms with van der Waals surface area (Å²) in [4.78, 5) is 27.1. The first kappa shape index (κ1) is 25.0. The van der Waals surface area contributed by atoms with E-state index in [9.17, 15) is 18.0 Å². The van der Waals surface area contributed by atoms with E-state index < -0.39 is 28.5 Å². The first-order chi connectivity index (χ1) is 14.5. The third-order valence-corrected chi connectivity index (χ3v) is 6.28. The fourth-order valence-electron chi connectivity index (χ4n) is 2.94. The van der Waals surface area contributed by atoms with E-state index in [1.165, 1.54) is 11.0 Å². The third kappa shape index (κ3) is 6.85. The van der Waals surface area contributed by atoms with Gasteiger partial charge in [-0.2, -0.15) is 0 Å². The summed E-state index contributed by atoms with van der Waals surface area (Å²) in [5.41, 5.74) is 0.940. The zero-order valence-electron chi connectivity index (χ0n) is 17.5. The predicted octanol–water partition coefficient (Wildman–Crippen LogP) is 3.31. The molecule has 2 rings (SSSR count). The molecule has 2 aromatic rings. The molecule has 0 spiro atoms. The normalized spacial score (nSPS) is 12.2. The average Bonchev–Trinajstić information content (AvgIpc) is 2.71. The van der Waals surface area contributed by atoms with E-state index in [1.807, 2.05) is 0 Å². The Labute approximate surface area is 193 Å². The molecule has 31 heavy (non-hydrogen) atoms. The minimum absolute atomic E-state index is 0.106. The summed E-state index contributed by atoms with van der Waals surface area (Å²) >= 11 is 12.1. The van der Waals surface area contributed by atoms with Crippen LogP contribution in [0.1, 0.15) is 19.4 Å². The second-order valence-electron chi connectivity index (χ2n) is 6.94. The van der Waals surface area contributed by atoms with Gasteiger partial charge in [0.15, 0.2) is 0 Å². The van der Waals surface area contributed by atoms with Crippen LogP contribution in [0, 0.1) is 0 Å². The molecule has 0 aromatic heterocycles. The van der Waals surface area contributed by atoms with Crippen LogP contribution in [-0.2, 0) is 26.2 Å². The molecule has 10 heteroatoms. The molecule has 0 bridgehead atoms. The number of hydrogen-bond donors (Lipinski definition) is 1. The van der Waals surface area contributed by atoms with Gasteiger partial charge in [0.1, 0.15) is 12.6 Å². The fraction of sp³-hybridized carbons (Fsp3) is 0.333. The maximum atomic E-state index is 13.3. The Balaban J connectivity index is 2.38. The molecular weight excluding hydrogens is 461 g/mol. The number of amides is 2. The van der Waals surface area contributed by atoms with Gasteiger partial charge in [-0.25, -0.2) is 8.42 Å². The molecule has 2 aromatic carbocycles. The molecule has 0 saturated carbocycles. The minimum atomic E-state index is -3.82. The Morgan fingerprint density at radius 3 is 2.23 bits per heavy atom. The van der Waals surface area contributed by atoms with Crippen molar-refractivity contribution in [3.63, 3.8) is 0 Å². The summed E-state index contributed by atoms with van der Waals surface area (Å²) in [5.74, 6) is -0.882. The number of rotatable bonds is 9. The standard InChI is InChI=1S/C21H25Cl2N3O4S/c1-4-24-21(28)15(2)25(13-16-9-11-17(22)12-10-16)20(27)14-26(31(3,29)30)19-8-6-5-7-18(19)23/h5-12,15H,4,13-14H2,1-3H3,(H,24,28)/t15-/m0/s1. The number of hydrogen-bond acceptors (Lipinski definition) is 4. The molecule has 168 valence electrons. The van der Waals surface area contributed by atoms with Crippen molar-refractivity contribution < 1.29 is 18.0 Å². The average molecular weight is 486 g/mol. The predicted molar refractivity (Wildman–Crippen MR) is 124 cm³/mol. The number of carbonyl (C=O) groups excluding carboxylic acids is 2. The maximum absolute atomic E-state index is 13.3. The Hall–Kier alpha value is -2.29. The Morgan fingerprint density at radius 1 is 1.06 bits per heavy atom. The van der Waals surface area contributed by atoms with E-state index >= 15 is 0 Å². The second kappa shape index (κ2) is 10.8. The molecule has 1 atom stereocenters. The van der Waals surface area contributed by atoms with Gasteiger partial charge in [-0.3, -0.25) is 13.9 Å². The van der Waals surface area contributed by atoms with Gasteiger partial charge in [0.25, 0.3) is 0 Å². The molecule has 0 saturated heterocycles. The topological polar surface area (TPSA) is 86.8 Å². The van der Waals surface area contributed by atoms with Crippen molar-refractivity contribution in [2.75, 3.05) is 23.7 Å². The molecule has 0 fully saturated rings. The van der Waals surface area contributed by atoms with Crippen molar-refractivity contribution in [2.45, 2.75) is 26.4 Å². The van der Waals surface area contributed by atoms with Crippen molar-refractivity contribution in [1.82, 2.24) is 10.2 Å². The quantitative estimate of drug-likeness (QED) is 0.589. The van der Waals surface area contributed by atoms with Crippen LogP contribution < -0.4 is 9.62 Å². The van der Waals surface area contributed by atoms with Crippen LogP contribution in [0.4, 0.5) is 5.69 Å². The summed E-state index contributed by atoms with van der Waals surface area (Å²) in [5, 5.41) is 3.43. The van der Waals surface area contributed by atoms with Gasteiger partial charge >= 0.3 is 0 Å². The molecule has 2 amide bonds. The third-order valence-electron chi connectivity index (χ3n) is 4.58. The molecule has 7 nitrogen and oxygen atoms in total. The summed E-state index contributed by atoms with van der Waals surface area (Å²) in [6.07, 6.45) is 1.00. The van der Waals surface area contributed by atoms with Crippen LogP contribution >= 0.6 is 23.2 Å². The monoisotopic (exact) mass is 485 g/mol. The SMILES string of the molecule is CCNC(=O)[C@H](C)N(Cc1ccc(Cl)cc1)C(=O)CN(c1ccccc1Cl)S(C)(=O)=O. The number of nitrogens with zero attached hydrogens (tertiary/aromatic N) is 2. The van der Waals surface area contributed by atoms with Crippen LogP contribution in [0.25, 0.3) is 0 Å². The molecule has 0 aliphatic rings. The smallest absolute Gasteiger partial charge is 0.244 e. The molecule has 0 heterocycles. The Bertz CT molecular complexity index is 1030. The van der Waals surface area contributed by atoms with E-state index in [0.29, 0.717) is 11.6 Å². The second-order valence-corrected chi connectivity index (χ2v) is 9.69. The highest BCUT2D eigenvalue weighted by atomic mass is 35.5. The first-order valence-electron chi connectivity index (χ1n) is 9.58. The summed E-state index contributed by atoms with van der Waals surface area (Å²) in [6.45, 7) is 3.38. The van der Waals surface area contributed by atoms with E-state index in [0.717, 1.165) is 16.1 Å². The molecular formula is C21H25Cl2N3O4S. The molecule has 0 radical (unpaired) electrons. The lowest BCUT2D eigenvalue weighted by atomic mass is 10.1. The number of benzene rings is 2. The maximum Gasteiger partial charge on any atom is 0.244 e. The zero-order chi connectivity index (χ0) is 23.2. The van der Waals surface area contributed by atoms with Gasteiger partial charge in [0, 0.05) is 18.1 Å². The fourth-order valence-corrected chi connectivity index (χ4v) is 4.22. The minimum Gasteiger partial charge on any atom is -0.355 e. The van der Waals surface area contributed by atoms with E-state index in [-0.39, 0.29) is 23.2 Å². The van der Waals surface area contributed by atoms with Gasteiger partial charge in [0.05, 0.1) is 17.0 Å². The van der Waals surface area contributed by atoms with Crippen LogP contribution in [0.3, 0.4) is 0 Å². The first-order valence-corrected chi connectivity index (χ1v) is 12.2. The Morgan fingerprint density at radius 2 is 1.68 bits per heavy atom. The summed E-state index contributed by atoms with van der Waals surface area (Å²) in [6, 6.07) is 12.4. The number of halogens is 2. The molecule has 0 aliphatic carbocycles. The number of carbonyl (C=O) groups is 2. The molecule has 0 unspecified atom stereocenters. The zero-order valence-corrected chi connectivity index (χ0v) is 19.8. The van der Waals surface area contributed by atoms with Gasteiger partial charge in [0.2, 0.25) is 21.8 Å². The van der Waals surface area contributed by atoms with E-state index in [1.54, 1.807) is 56.3 Å². The van der Waals surface area contributed by atoms with Crippen molar-refractivity contribution in [1.29, 1.82) is 0 Å². The number of anilines is 1. The molecule has 1 N–H and O–H groups in total. The van der Waals surface area contributed by atoms with Crippen LogP contribution in [0.5, 0.6) is 0 Å². The highest BCUT2D eigenvalue weighted by Crippen LogP contribution is 2.27. The number of nitrogens with one attached hydrogen (secondary N) is 1. The van der Waals surface area contributed by atoms with Crippen molar-refractivity contribution in [2.24, 2.45) is 0 Å². The lowest BCUT2D eigenvalue weighted by molar-refractivity contribution is -0.139. The van der Waals surface area contributed by atoms with Crippen LogP contribution in [-0.4, -0.2) is 50.5 Å². The highest BCUT2D eigenvalue weighted by molar-refractivity contribution is 7.92. The lowest BCUT2D eigenvalue weighted by Crippen LogP contribution is -2.51. The summed E-state index contributed by atoms with van der Waals surface area (Å²) < 4.78 is 25.8. The number of sulfonamides is 1. The van der Waals surface area contributed by atoms with E-state index in [4.69, 9.17) is 23.2 Å². The van der Waals surface area contributed by atoms with E-state index in [2.05, 4.69) is 5.32 Å². The number of likely N-dealkylation sites (N-methyl/N-ethyl adjacent to an activating group) is 1. The largest absolute Gasteiger partial charge is 0.355 e. The van der Waals surface area contributed by atoms with Crippen LogP contribution in [0.2, 0.25) is 10.0 Å². The van der Waals surface area contributed by atoms with Gasteiger partial charge in [-0.15, -0.1) is 0 Å². The number of para-hydroxylation sites is 1. The van der Waals surface area contributed by atoms with Gasteiger partial charge in [-0.1, -0.05) is 47.5 Å². The van der Waals surface area contributed by atoms with Gasteiger partial charge in [-0.05, 0) is 43.7 Å². The van der Waals surface area contributed by atoms with Crippen molar-refractivity contribution in [3.05, 3.63) is 64.1 Å². The van der Waals surface area contributed by atoms with Crippen LogP contribution in [0.15, 0.2) is 48.5 Å². The Kier molecular flexibility index (Phi) is 8.73. The molecule has 0 aliphatic heterocycles.